The second-order valence-electron chi connectivity index (χ2n) is 3.04. The minimum Gasteiger partial charge on any atom is -0.496 e. The lowest BCUT2D eigenvalue weighted by Gasteiger charge is -2.04. The summed E-state index contributed by atoms with van der Waals surface area (Å²) in [6.45, 7) is 0.634. The molecule has 1 aromatic carbocycles. The predicted octanol–water partition coefficient (Wildman–Crippen LogP) is 2.11. The molecule has 4 heteroatoms. The number of fused-ring (bicyclic) bond motifs is 1. The Bertz CT molecular complexity index is 472. The number of carbonyl (C=O) groups is 1. The third-order valence-electron chi connectivity index (χ3n) is 2.13. The monoisotopic (exact) mass is 206 g/mol. The molecule has 0 fully saturated rings. The van der Waals surface area contributed by atoms with E-state index in [1.54, 1.807) is 13.4 Å². The fourth-order valence-electron chi connectivity index (χ4n) is 1.47. The topological polar surface area (TPSA) is 48.7 Å². The third-order valence-corrected chi connectivity index (χ3v) is 2.13. The van der Waals surface area contributed by atoms with E-state index in [4.69, 9.17) is 9.15 Å². The number of hydrogen-bond donors (Lipinski definition) is 0. The second-order valence-corrected chi connectivity index (χ2v) is 3.04. The molecule has 2 rings (SSSR count). The molecule has 0 radical (unpaired) electrons. The molecule has 0 saturated heterocycles. The van der Waals surface area contributed by atoms with Crippen LogP contribution in [0.15, 0.2) is 28.9 Å². The number of ether oxygens (including phenoxy) is 2. The lowest BCUT2D eigenvalue weighted by atomic mass is 10.1. The van der Waals surface area contributed by atoms with E-state index >= 15 is 0 Å². The summed E-state index contributed by atoms with van der Waals surface area (Å²) in [6, 6.07) is 5.47. The molecule has 0 amide bonds. The first-order valence-electron chi connectivity index (χ1n) is 4.44. The van der Waals surface area contributed by atoms with Crippen molar-refractivity contribution in [1.82, 2.24) is 0 Å². The van der Waals surface area contributed by atoms with Gasteiger partial charge in [0, 0.05) is 0 Å². The van der Waals surface area contributed by atoms with Crippen LogP contribution >= 0.6 is 0 Å². The molecule has 4 nitrogen and oxygen atoms in total. The van der Waals surface area contributed by atoms with Gasteiger partial charge >= 0.3 is 0 Å². The predicted molar refractivity (Wildman–Crippen MR) is 53.6 cm³/mol. The molecule has 0 aliphatic heterocycles. The molecular weight excluding hydrogens is 196 g/mol. The van der Waals surface area contributed by atoms with E-state index in [1.807, 2.05) is 18.2 Å². The smallest absolute Gasteiger partial charge is 0.293 e. The van der Waals surface area contributed by atoms with Gasteiger partial charge in [-0.1, -0.05) is 0 Å². The van der Waals surface area contributed by atoms with Crippen molar-refractivity contribution in [2.45, 2.75) is 6.61 Å². The van der Waals surface area contributed by atoms with Crippen LogP contribution in [0, 0.1) is 0 Å². The fraction of sp³-hybridized carbons (Fsp3) is 0.182. The van der Waals surface area contributed by atoms with Crippen molar-refractivity contribution < 1.29 is 18.7 Å². The van der Waals surface area contributed by atoms with E-state index in [0.717, 1.165) is 16.5 Å². The van der Waals surface area contributed by atoms with Crippen molar-refractivity contribution in [2.24, 2.45) is 0 Å². The van der Waals surface area contributed by atoms with Crippen LogP contribution in [0.1, 0.15) is 5.56 Å². The summed E-state index contributed by atoms with van der Waals surface area (Å²) in [5.74, 6) is 0.714. The summed E-state index contributed by atoms with van der Waals surface area (Å²) in [6.07, 6.45) is 1.59. The standard InChI is InChI=1S/C11H10O4/c1-13-10-4-8(6-14-7-12)5-11-9(10)2-3-15-11/h2-5,7H,6H2,1H3. The Morgan fingerprint density at radius 1 is 1.47 bits per heavy atom. The lowest BCUT2D eigenvalue weighted by molar-refractivity contribution is -0.129. The number of rotatable bonds is 4. The molecule has 15 heavy (non-hydrogen) atoms. The molecule has 1 heterocycles. The maximum absolute atomic E-state index is 10.1. The zero-order valence-electron chi connectivity index (χ0n) is 8.23. The van der Waals surface area contributed by atoms with Gasteiger partial charge in [-0.05, 0) is 23.8 Å². The Balaban J connectivity index is 2.44. The van der Waals surface area contributed by atoms with Gasteiger partial charge in [-0.2, -0.15) is 0 Å². The highest BCUT2D eigenvalue weighted by Gasteiger charge is 2.06. The summed E-state index contributed by atoms with van der Waals surface area (Å²) in [5.41, 5.74) is 1.56. The van der Waals surface area contributed by atoms with Gasteiger partial charge in [0.2, 0.25) is 0 Å². The van der Waals surface area contributed by atoms with Gasteiger partial charge in [0.1, 0.15) is 17.9 Å². The first-order valence-corrected chi connectivity index (χ1v) is 4.44. The summed E-state index contributed by atoms with van der Waals surface area (Å²) < 4.78 is 15.1. The van der Waals surface area contributed by atoms with Gasteiger partial charge in [0.15, 0.2) is 0 Å². The molecule has 1 aromatic heterocycles. The van der Waals surface area contributed by atoms with Crippen LogP contribution in [0.5, 0.6) is 5.75 Å². The normalized spacial score (nSPS) is 10.2. The van der Waals surface area contributed by atoms with E-state index in [1.165, 1.54) is 0 Å². The van der Waals surface area contributed by atoms with Crippen molar-refractivity contribution in [2.75, 3.05) is 7.11 Å². The fourth-order valence-corrected chi connectivity index (χ4v) is 1.47. The summed E-state index contributed by atoms with van der Waals surface area (Å²) in [4.78, 5) is 10.1. The number of methoxy groups -OCH3 is 1. The Morgan fingerprint density at radius 2 is 2.33 bits per heavy atom. The largest absolute Gasteiger partial charge is 0.496 e. The van der Waals surface area contributed by atoms with Gasteiger partial charge < -0.3 is 13.9 Å². The SMILES string of the molecule is COc1cc(COC=O)cc2occc12. The second kappa shape index (κ2) is 4.04. The van der Waals surface area contributed by atoms with E-state index in [-0.39, 0.29) is 6.61 Å². The average molecular weight is 206 g/mol. The molecule has 0 bridgehead atoms. The maximum Gasteiger partial charge on any atom is 0.293 e. The van der Waals surface area contributed by atoms with E-state index in [2.05, 4.69) is 4.74 Å². The van der Waals surface area contributed by atoms with Crippen molar-refractivity contribution >= 4 is 17.4 Å². The van der Waals surface area contributed by atoms with Gasteiger partial charge in [-0.15, -0.1) is 0 Å². The summed E-state index contributed by atoms with van der Waals surface area (Å²) in [7, 11) is 1.59. The Morgan fingerprint density at radius 3 is 3.07 bits per heavy atom. The van der Waals surface area contributed by atoms with Crippen LogP contribution in [-0.4, -0.2) is 13.6 Å². The molecule has 0 aliphatic carbocycles. The highest BCUT2D eigenvalue weighted by molar-refractivity contribution is 5.84. The Labute approximate surface area is 86.4 Å². The minimum atomic E-state index is 0.219. The van der Waals surface area contributed by atoms with Crippen LogP contribution in [0.4, 0.5) is 0 Å². The zero-order valence-corrected chi connectivity index (χ0v) is 8.23. The minimum absolute atomic E-state index is 0.219. The van der Waals surface area contributed by atoms with E-state index in [0.29, 0.717) is 12.2 Å². The summed E-state index contributed by atoms with van der Waals surface area (Å²) >= 11 is 0. The first-order chi connectivity index (χ1) is 7.35. The van der Waals surface area contributed by atoms with Gasteiger partial charge in [0.25, 0.3) is 6.47 Å². The van der Waals surface area contributed by atoms with Crippen molar-refractivity contribution in [3.8, 4) is 5.75 Å². The van der Waals surface area contributed by atoms with Gasteiger partial charge in [-0.3, -0.25) is 4.79 Å². The van der Waals surface area contributed by atoms with Crippen LogP contribution in [-0.2, 0) is 16.1 Å². The molecule has 0 N–H and O–H groups in total. The quantitative estimate of drug-likeness (QED) is 0.719. The van der Waals surface area contributed by atoms with Gasteiger partial charge in [0.05, 0.1) is 18.8 Å². The van der Waals surface area contributed by atoms with E-state index < -0.39 is 0 Å². The molecular formula is C11H10O4. The van der Waals surface area contributed by atoms with Crippen molar-refractivity contribution in [1.29, 1.82) is 0 Å². The van der Waals surface area contributed by atoms with Crippen LogP contribution in [0.2, 0.25) is 0 Å². The highest BCUT2D eigenvalue weighted by atomic mass is 16.5. The van der Waals surface area contributed by atoms with E-state index in [9.17, 15) is 4.79 Å². The number of carbonyl (C=O) groups excluding carboxylic acids is 1. The average Bonchev–Trinajstić information content (AvgIpc) is 2.73. The molecule has 78 valence electrons. The zero-order chi connectivity index (χ0) is 10.7. The summed E-state index contributed by atoms with van der Waals surface area (Å²) in [5, 5.41) is 0.910. The first kappa shape index (κ1) is 9.58. The Kier molecular flexibility index (Phi) is 2.58. The van der Waals surface area contributed by atoms with Crippen molar-refractivity contribution in [3.63, 3.8) is 0 Å². The molecule has 0 atom stereocenters. The number of furan rings is 1. The van der Waals surface area contributed by atoms with Crippen LogP contribution < -0.4 is 4.74 Å². The maximum atomic E-state index is 10.1. The number of benzene rings is 1. The highest BCUT2D eigenvalue weighted by Crippen LogP contribution is 2.28. The van der Waals surface area contributed by atoms with Crippen LogP contribution in [0.3, 0.4) is 0 Å². The molecule has 0 aliphatic rings. The van der Waals surface area contributed by atoms with Crippen molar-refractivity contribution in [3.05, 3.63) is 30.0 Å². The van der Waals surface area contributed by atoms with Crippen LogP contribution in [0.25, 0.3) is 11.0 Å². The Hall–Kier alpha value is -1.97. The number of hydrogen-bond acceptors (Lipinski definition) is 4. The lowest BCUT2D eigenvalue weighted by Crippen LogP contribution is -1.92. The molecule has 0 unspecified atom stereocenters. The molecule has 0 spiro atoms. The van der Waals surface area contributed by atoms with Gasteiger partial charge in [-0.25, -0.2) is 0 Å². The molecule has 2 aromatic rings. The third kappa shape index (κ3) is 1.79. The molecule has 0 saturated carbocycles.